The number of hydrogen-bond acceptors (Lipinski definition) is 6. The Hall–Kier alpha value is -2.99. The van der Waals surface area contributed by atoms with Crippen molar-refractivity contribution >= 4 is 27.1 Å². The number of rotatable bonds is 10. The normalized spacial score (nSPS) is 13.3. The van der Waals surface area contributed by atoms with Gasteiger partial charge in [0.15, 0.2) is 9.84 Å². The highest BCUT2D eigenvalue weighted by Gasteiger charge is 2.25. The van der Waals surface area contributed by atoms with E-state index in [2.05, 4.69) is 29.9 Å². The average Bonchev–Trinajstić information content (AvgIpc) is 3.34. The Morgan fingerprint density at radius 2 is 1.62 bits per heavy atom. The molecule has 2 aromatic carbocycles. The van der Waals surface area contributed by atoms with Gasteiger partial charge in [0.1, 0.15) is 6.54 Å². The number of hydrogen-bond donors (Lipinski definition) is 2. The number of nitrogens with one attached hydrogen (secondary N) is 2. The quantitative estimate of drug-likeness (QED) is 0.402. The molecule has 3 aromatic rings. The molecule has 0 aliphatic heterocycles. The van der Waals surface area contributed by atoms with Crippen molar-refractivity contribution < 1.29 is 13.2 Å². The van der Waals surface area contributed by atoms with Crippen molar-refractivity contribution in [3.8, 4) is 17.2 Å². The summed E-state index contributed by atoms with van der Waals surface area (Å²) in [6.45, 7) is 4.11. The van der Waals surface area contributed by atoms with E-state index in [0.29, 0.717) is 17.2 Å². The largest absolute Gasteiger partial charge is 0.342 e. The van der Waals surface area contributed by atoms with E-state index in [-0.39, 0.29) is 18.5 Å². The van der Waals surface area contributed by atoms with E-state index in [1.807, 2.05) is 41.8 Å². The number of nitrogens with zero attached hydrogens (tertiary/aromatic N) is 1. The minimum Gasteiger partial charge on any atom is -0.342 e. The van der Waals surface area contributed by atoms with Crippen molar-refractivity contribution in [2.75, 3.05) is 12.8 Å². The van der Waals surface area contributed by atoms with Crippen LogP contribution in [0.3, 0.4) is 0 Å². The molecule has 0 aliphatic rings. The molecule has 0 bridgehead atoms. The van der Waals surface area contributed by atoms with Crippen LogP contribution in [0.5, 0.6) is 0 Å². The van der Waals surface area contributed by atoms with Crippen molar-refractivity contribution in [2.45, 2.75) is 37.2 Å². The van der Waals surface area contributed by atoms with E-state index in [9.17, 15) is 13.2 Å². The predicted molar refractivity (Wildman–Crippen MR) is 136 cm³/mol. The Kier molecular flexibility index (Phi) is 8.61. The maximum absolute atomic E-state index is 12.7. The summed E-state index contributed by atoms with van der Waals surface area (Å²) in [6.07, 6.45) is 1.84. The minimum atomic E-state index is -3.24. The van der Waals surface area contributed by atoms with Crippen molar-refractivity contribution in [3.05, 3.63) is 76.5 Å². The van der Waals surface area contributed by atoms with Crippen LogP contribution in [0.1, 0.15) is 37.4 Å². The summed E-state index contributed by atoms with van der Waals surface area (Å²) in [5.41, 5.74) is 3.97. The van der Waals surface area contributed by atoms with Crippen molar-refractivity contribution in [1.82, 2.24) is 10.6 Å². The number of carbonyl (C=O) groups excluding carboxylic acids is 1. The molecule has 6 nitrogen and oxygen atoms in total. The van der Waals surface area contributed by atoms with Crippen LogP contribution < -0.4 is 10.6 Å². The van der Waals surface area contributed by atoms with Gasteiger partial charge in [-0.05, 0) is 63.6 Å². The van der Waals surface area contributed by atoms with Gasteiger partial charge in [-0.25, -0.2) is 8.42 Å². The fraction of sp³-hybridized carbons (Fsp3) is 0.308. The SMILES string of the molecule is CC(C)C[C@H](N[C@@H](c1ccc(-c2ccc(S(C)(=O)=O)cc2)cc1)c1ccsc1)C(=O)NCC#N. The van der Waals surface area contributed by atoms with Gasteiger partial charge in [-0.1, -0.05) is 50.2 Å². The topological polar surface area (TPSA) is 99.1 Å². The van der Waals surface area contributed by atoms with Crippen LogP contribution in [0, 0.1) is 17.2 Å². The van der Waals surface area contributed by atoms with Crippen LogP contribution in [0.2, 0.25) is 0 Å². The first-order valence-electron chi connectivity index (χ1n) is 11.0. The third-order valence-electron chi connectivity index (χ3n) is 5.47. The number of benzene rings is 2. The molecule has 1 amide bonds. The zero-order chi connectivity index (χ0) is 24.7. The molecule has 0 radical (unpaired) electrons. The lowest BCUT2D eigenvalue weighted by molar-refractivity contribution is -0.123. The number of amides is 1. The fourth-order valence-electron chi connectivity index (χ4n) is 3.76. The monoisotopic (exact) mass is 495 g/mol. The van der Waals surface area contributed by atoms with E-state index in [1.54, 1.807) is 35.6 Å². The molecule has 0 saturated heterocycles. The van der Waals surface area contributed by atoms with Gasteiger partial charge in [-0.2, -0.15) is 16.6 Å². The van der Waals surface area contributed by atoms with Crippen molar-refractivity contribution in [3.63, 3.8) is 0 Å². The van der Waals surface area contributed by atoms with Crippen molar-refractivity contribution in [2.24, 2.45) is 5.92 Å². The van der Waals surface area contributed by atoms with Gasteiger partial charge >= 0.3 is 0 Å². The lowest BCUT2D eigenvalue weighted by atomic mass is 9.95. The maximum Gasteiger partial charge on any atom is 0.237 e. The Morgan fingerprint density at radius 1 is 1.00 bits per heavy atom. The fourth-order valence-corrected chi connectivity index (χ4v) is 5.08. The van der Waals surface area contributed by atoms with Gasteiger partial charge in [-0.15, -0.1) is 0 Å². The average molecular weight is 496 g/mol. The number of nitriles is 1. The van der Waals surface area contributed by atoms with E-state index in [1.165, 1.54) is 6.26 Å². The van der Waals surface area contributed by atoms with Gasteiger partial charge in [0.05, 0.1) is 23.0 Å². The van der Waals surface area contributed by atoms with E-state index in [0.717, 1.165) is 22.3 Å². The summed E-state index contributed by atoms with van der Waals surface area (Å²) in [5, 5.41) is 19.1. The Labute approximate surface area is 205 Å². The Morgan fingerprint density at radius 3 is 2.12 bits per heavy atom. The lowest BCUT2D eigenvalue weighted by Gasteiger charge is -2.26. The number of sulfone groups is 1. The highest BCUT2D eigenvalue weighted by molar-refractivity contribution is 7.90. The summed E-state index contributed by atoms with van der Waals surface area (Å²) < 4.78 is 23.4. The van der Waals surface area contributed by atoms with E-state index < -0.39 is 15.9 Å². The second kappa shape index (κ2) is 11.4. The summed E-state index contributed by atoms with van der Waals surface area (Å²) >= 11 is 1.60. The number of carbonyl (C=O) groups is 1. The minimum absolute atomic E-state index is 0.0228. The van der Waals surface area contributed by atoms with E-state index in [4.69, 9.17) is 5.26 Å². The lowest BCUT2D eigenvalue weighted by Crippen LogP contribution is -2.46. The van der Waals surface area contributed by atoms with Gasteiger partial charge in [-0.3, -0.25) is 10.1 Å². The predicted octanol–water partition coefficient (Wildman–Crippen LogP) is 4.55. The van der Waals surface area contributed by atoms with Gasteiger partial charge < -0.3 is 5.32 Å². The van der Waals surface area contributed by atoms with Gasteiger partial charge in [0.2, 0.25) is 5.91 Å². The molecule has 8 heteroatoms. The van der Waals surface area contributed by atoms with E-state index >= 15 is 0 Å². The van der Waals surface area contributed by atoms with Crippen LogP contribution in [0.15, 0.2) is 70.3 Å². The zero-order valence-corrected chi connectivity index (χ0v) is 21.1. The maximum atomic E-state index is 12.7. The second-order valence-corrected chi connectivity index (χ2v) is 11.4. The molecule has 1 aromatic heterocycles. The molecular weight excluding hydrogens is 466 g/mol. The highest BCUT2D eigenvalue weighted by Crippen LogP contribution is 2.29. The second-order valence-electron chi connectivity index (χ2n) is 8.63. The number of thiophene rings is 1. The molecule has 0 spiro atoms. The standard InChI is InChI=1S/C26H29N3O3S2/c1-18(2)16-24(26(30)28-14-13-27)29-25(22-12-15-33-17-22)21-6-4-19(5-7-21)20-8-10-23(11-9-20)34(3,31)32/h4-12,15,17-18,24-25,29H,14,16H2,1-3H3,(H,28,30)/t24-,25-/m0/s1. The Balaban J connectivity index is 1.88. The molecule has 0 unspecified atom stereocenters. The third-order valence-corrected chi connectivity index (χ3v) is 7.30. The van der Waals surface area contributed by atoms with Crippen LogP contribution >= 0.6 is 11.3 Å². The summed E-state index contributed by atoms with van der Waals surface area (Å²) in [6, 6.07) is 18.3. The highest BCUT2D eigenvalue weighted by atomic mass is 32.2. The molecule has 0 saturated carbocycles. The zero-order valence-electron chi connectivity index (χ0n) is 19.5. The van der Waals surface area contributed by atoms with Crippen LogP contribution in [0.4, 0.5) is 0 Å². The van der Waals surface area contributed by atoms with Crippen LogP contribution in [0.25, 0.3) is 11.1 Å². The van der Waals surface area contributed by atoms with Crippen LogP contribution in [-0.2, 0) is 14.6 Å². The van der Waals surface area contributed by atoms with Crippen molar-refractivity contribution in [1.29, 1.82) is 5.26 Å². The molecule has 2 N–H and O–H groups in total. The smallest absolute Gasteiger partial charge is 0.237 e. The van der Waals surface area contributed by atoms with Gasteiger partial charge in [0.25, 0.3) is 0 Å². The molecule has 0 aliphatic carbocycles. The van der Waals surface area contributed by atoms with Gasteiger partial charge in [0, 0.05) is 6.26 Å². The third kappa shape index (κ3) is 6.76. The summed E-state index contributed by atoms with van der Waals surface area (Å²) in [7, 11) is -3.24. The first kappa shape index (κ1) is 25.6. The molecule has 178 valence electrons. The molecule has 2 atom stereocenters. The first-order valence-corrected chi connectivity index (χ1v) is 13.9. The summed E-state index contributed by atoms with van der Waals surface area (Å²) in [5.74, 6) is 0.115. The Bertz CT molecular complexity index is 1230. The molecule has 3 rings (SSSR count). The molecule has 1 heterocycles. The molecular formula is C26H29N3O3S2. The van der Waals surface area contributed by atoms with Crippen LogP contribution in [-0.4, -0.2) is 33.2 Å². The molecule has 34 heavy (non-hydrogen) atoms. The first-order chi connectivity index (χ1) is 16.2. The summed E-state index contributed by atoms with van der Waals surface area (Å²) in [4.78, 5) is 13.0. The molecule has 0 fully saturated rings.